The van der Waals surface area contributed by atoms with E-state index in [0.717, 1.165) is 22.3 Å². The number of hydrogen-bond donors (Lipinski definition) is 1. The van der Waals surface area contributed by atoms with Gasteiger partial charge in [-0.25, -0.2) is 0 Å². The largest absolute Gasteiger partial charge is 0.481 e. The smallest absolute Gasteiger partial charge is 0.303 e. The second-order valence-electron chi connectivity index (χ2n) is 4.47. The van der Waals surface area contributed by atoms with Gasteiger partial charge in [0.05, 0.1) is 6.04 Å². The van der Waals surface area contributed by atoms with Crippen LogP contribution in [0.4, 0.5) is 0 Å². The Bertz CT molecular complexity index is 482. The van der Waals surface area contributed by atoms with Gasteiger partial charge in [0, 0.05) is 11.3 Å². The number of carboxylic acids is 1. The maximum absolute atomic E-state index is 10.6. The molecule has 0 saturated heterocycles. The average molecular weight is 247 g/mol. The summed E-state index contributed by atoms with van der Waals surface area (Å²) in [7, 11) is 0. The number of aryl methyl sites for hydroxylation is 3. The van der Waals surface area contributed by atoms with Crippen LogP contribution in [-0.2, 0) is 4.79 Å². The monoisotopic (exact) mass is 247 g/mol. The lowest BCUT2D eigenvalue weighted by Crippen LogP contribution is -2.05. The minimum Gasteiger partial charge on any atom is -0.481 e. The van der Waals surface area contributed by atoms with Gasteiger partial charge in [0.15, 0.2) is 0 Å². The van der Waals surface area contributed by atoms with E-state index in [1.165, 1.54) is 0 Å². The van der Waals surface area contributed by atoms with E-state index < -0.39 is 12.0 Å². The van der Waals surface area contributed by atoms with E-state index in [-0.39, 0.29) is 6.42 Å². The summed E-state index contributed by atoms with van der Waals surface area (Å²) in [6.45, 7) is 5.91. The molecule has 96 valence electrons. The van der Waals surface area contributed by atoms with Gasteiger partial charge < -0.3 is 5.11 Å². The van der Waals surface area contributed by atoms with Gasteiger partial charge in [-0.3, -0.25) is 4.79 Å². The Hall–Kier alpha value is -2.00. The number of aliphatic carboxylic acids is 1. The lowest BCUT2D eigenvalue weighted by Gasteiger charge is -2.17. The summed E-state index contributed by atoms with van der Waals surface area (Å²) in [5.74, 6) is -0.879. The van der Waals surface area contributed by atoms with Crippen LogP contribution in [0.25, 0.3) is 10.4 Å². The minimum absolute atomic E-state index is 0.00353. The highest BCUT2D eigenvalue weighted by Gasteiger charge is 2.16. The molecule has 0 amide bonds. The zero-order valence-corrected chi connectivity index (χ0v) is 10.8. The summed E-state index contributed by atoms with van der Waals surface area (Å²) in [5, 5.41) is 12.5. The molecule has 0 aliphatic heterocycles. The Balaban J connectivity index is 3.13. The number of carbonyl (C=O) groups is 1. The van der Waals surface area contributed by atoms with Gasteiger partial charge >= 0.3 is 5.97 Å². The predicted octanol–water partition coefficient (Wildman–Crippen LogP) is 3.83. The van der Waals surface area contributed by atoms with Gasteiger partial charge in [-0.05, 0) is 49.4 Å². The molecule has 0 aliphatic rings. The van der Waals surface area contributed by atoms with Gasteiger partial charge in [0.25, 0.3) is 0 Å². The van der Waals surface area contributed by atoms with Gasteiger partial charge in [-0.1, -0.05) is 22.8 Å². The summed E-state index contributed by atoms with van der Waals surface area (Å²) in [6, 6.07) is 3.62. The minimum atomic E-state index is -0.879. The second-order valence-corrected chi connectivity index (χ2v) is 4.47. The molecule has 1 N–H and O–H groups in total. The Morgan fingerprint density at radius 3 is 2.39 bits per heavy atom. The first-order chi connectivity index (χ1) is 8.45. The van der Waals surface area contributed by atoms with Crippen molar-refractivity contribution < 1.29 is 9.90 Å². The quantitative estimate of drug-likeness (QED) is 0.487. The summed E-state index contributed by atoms with van der Waals surface area (Å²) in [5.41, 5.74) is 12.8. The number of benzene rings is 1. The van der Waals surface area contributed by atoms with Crippen LogP contribution < -0.4 is 0 Å². The highest BCUT2D eigenvalue weighted by Crippen LogP contribution is 2.30. The second kappa shape index (κ2) is 6.07. The number of nitrogens with zero attached hydrogens (tertiary/aromatic N) is 3. The molecule has 0 bridgehead atoms. The maximum atomic E-state index is 10.6. The summed E-state index contributed by atoms with van der Waals surface area (Å²) in [4.78, 5) is 13.5. The molecule has 0 aromatic heterocycles. The van der Waals surface area contributed by atoms with E-state index in [2.05, 4.69) is 10.0 Å². The third-order valence-corrected chi connectivity index (χ3v) is 2.89. The standard InChI is InChI=1S/C13H17N3O2/c1-8-6-9(2)13(10(3)7-8)11(15-16-14)4-5-12(17)18/h6-7,11H,4-5H2,1-3H3,(H,17,18). The molecule has 5 heteroatoms. The molecule has 1 atom stereocenters. The van der Waals surface area contributed by atoms with Crippen molar-refractivity contribution in [1.82, 2.24) is 0 Å². The van der Waals surface area contributed by atoms with Gasteiger partial charge in [-0.15, -0.1) is 0 Å². The molecular weight excluding hydrogens is 230 g/mol. The van der Waals surface area contributed by atoms with Crippen molar-refractivity contribution in [2.24, 2.45) is 5.11 Å². The molecule has 18 heavy (non-hydrogen) atoms. The molecule has 1 unspecified atom stereocenters. The van der Waals surface area contributed by atoms with Crippen molar-refractivity contribution >= 4 is 5.97 Å². The molecule has 1 aromatic rings. The average Bonchev–Trinajstić information content (AvgIpc) is 2.24. The lowest BCUT2D eigenvalue weighted by molar-refractivity contribution is -0.137. The fraction of sp³-hybridized carbons (Fsp3) is 0.462. The van der Waals surface area contributed by atoms with Crippen LogP contribution in [0.2, 0.25) is 0 Å². The highest BCUT2D eigenvalue weighted by atomic mass is 16.4. The first-order valence-electron chi connectivity index (χ1n) is 5.79. The molecule has 0 fully saturated rings. The molecule has 1 aromatic carbocycles. The van der Waals surface area contributed by atoms with Crippen LogP contribution >= 0.6 is 0 Å². The van der Waals surface area contributed by atoms with Crippen LogP contribution in [-0.4, -0.2) is 11.1 Å². The molecule has 0 radical (unpaired) electrons. The van der Waals surface area contributed by atoms with E-state index in [1.54, 1.807) is 0 Å². The number of rotatable bonds is 5. The van der Waals surface area contributed by atoms with Crippen LogP contribution in [0.1, 0.15) is 41.1 Å². The molecule has 0 saturated carbocycles. The normalized spacial score (nSPS) is 11.7. The fourth-order valence-corrected chi connectivity index (χ4v) is 2.30. The van der Waals surface area contributed by atoms with Crippen LogP contribution in [0, 0.1) is 20.8 Å². The van der Waals surface area contributed by atoms with Crippen LogP contribution in [0.15, 0.2) is 17.2 Å². The number of azide groups is 1. The lowest BCUT2D eigenvalue weighted by atomic mass is 9.92. The van der Waals surface area contributed by atoms with Gasteiger partial charge in [0.1, 0.15) is 0 Å². The maximum Gasteiger partial charge on any atom is 0.303 e. The van der Waals surface area contributed by atoms with E-state index in [0.29, 0.717) is 6.42 Å². The Morgan fingerprint density at radius 2 is 1.94 bits per heavy atom. The summed E-state index contributed by atoms with van der Waals surface area (Å²) >= 11 is 0. The van der Waals surface area contributed by atoms with Crippen molar-refractivity contribution in [2.75, 3.05) is 0 Å². The SMILES string of the molecule is Cc1cc(C)c(C(CCC(=O)O)N=[N+]=[N-])c(C)c1. The Kier molecular flexibility index (Phi) is 4.75. The molecule has 5 nitrogen and oxygen atoms in total. The first-order valence-corrected chi connectivity index (χ1v) is 5.79. The highest BCUT2D eigenvalue weighted by molar-refractivity contribution is 5.66. The summed E-state index contributed by atoms with van der Waals surface area (Å²) in [6.07, 6.45) is 0.320. The molecule has 0 aliphatic carbocycles. The van der Waals surface area contributed by atoms with Crippen molar-refractivity contribution in [3.8, 4) is 0 Å². The van der Waals surface area contributed by atoms with Crippen molar-refractivity contribution in [1.29, 1.82) is 0 Å². The molecule has 0 spiro atoms. The van der Waals surface area contributed by atoms with Crippen LogP contribution in [0.3, 0.4) is 0 Å². The van der Waals surface area contributed by atoms with E-state index in [4.69, 9.17) is 10.6 Å². The van der Waals surface area contributed by atoms with E-state index in [9.17, 15) is 4.79 Å². The first kappa shape index (κ1) is 14.1. The van der Waals surface area contributed by atoms with Crippen molar-refractivity contribution in [3.05, 3.63) is 44.8 Å². The number of carboxylic acid groups (broad SMARTS) is 1. The zero-order chi connectivity index (χ0) is 13.7. The van der Waals surface area contributed by atoms with Crippen molar-refractivity contribution in [2.45, 2.75) is 39.7 Å². The molecular formula is C13H17N3O2. The van der Waals surface area contributed by atoms with Gasteiger partial charge in [-0.2, -0.15) is 0 Å². The van der Waals surface area contributed by atoms with Crippen LogP contribution in [0.5, 0.6) is 0 Å². The zero-order valence-electron chi connectivity index (χ0n) is 10.8. The van der Waals surface area contributed by atoms with Gasteiger partial charge in [0.2, 0.25) is 0 Å². The number of hydrogen-bond acceptors (Lipinski definition) is 2. The molecule has 0 heterocycles. The van der Waals surface area contributed by atoms with E-state index >= 15 is 0 Å². The Labute approximate surface area is 106 Å². The van der Waals surface area contributed by atoms with E-state index in [1.807, 2.05) is 32.9 Å². The topological polar surface area (TPSA) is 86.1 Å². The predicted molar refractivity (Wildman–Crippen MR) is 69.4 cm³/mol. The fourth-order valence-electron chi connectivity index (χ4n) is 2.30. The summed E-state index contributed by atoms with van der Waals surface area (Å²) < 4.78 is 0. The third-order valence-electron chi connectivity index (χ3n) is 2.89. The Morgan fingerprint density at radius 1 is 1.39 bits per heavy atom. The van der Waals surface area contributed by atoms with Crippen molar-refractivity contribution in [3.63, 3.8) is 0 Å². The third kappa shape index (κ3) is 3.50. The molecule has 1 rings (SSSR count).